The monoisotopic (exact) mass is 339 g/mol. The summed E-state index contributed by atoms with van der Waals surface area (Å²) < 4.78 is 5.59. The number of carbonyl (C=O) groups is 1. The maximum Gasteiger partial charge on any atom is 0.373 e. The van der Waals surface area contributed by atoms with Crippen LogP contribution in [-0.4, -0.2) is 32.6 Å². The van der Waals surface area contributed by atoms with Crippen LogP contribution in [-0.2, 0) is 21.0 Å². The summed E-state index contributed by atoms with van der Waals surface area (Å²) in [6, 6.07) is 17.5. The fraction of sp³-hybridized carbons (Fsp3) is 0.316. The van der Waals surface area contributed by atoms with Crippen LogP contribution in [0.25, 0.3) is 0 Å². The second-order valence-electron chi connectivity index (χ2n) is 5.93. The fourth-order valence-electron chi connectivity index (χ4n) is 2.79. The van der Waals surface area contributed by atoms with Crippen LogP contribution < -0.4 is 10.8 Å². The zero-order chi connectivity index (χ0) is 17.3. The molecule has 3 rings (SSSR count). The molecule has 6 heteroatoms. The number of hydrogen-bond acceptors (Lipinski definition) is 4. The smallest absolute Gasteiger partial charge is 0.373 e. The first kappa shape index (κ1) is 17.7. The van der Waals surface area contributed by atoms with Crippen molar-refractivity contribution in [3.05, 3.63) is 65.7 Å². The topological polar surface area (TPSA) is 56.8 Å². The first-order valence-corrected chi connectivity index (χ1v) is 8.61. The fourth-order valence-corrected chi connectivity index (χ4v) is 2.79. The van der Waals surface area contributed by atoms with Gasteiger partial charge < -0.3 is 10.1 Å². The van der Waals surface area contributed by atoms with Crippen LogP contribution in [0.5, 0.6) is 0 Å². The molecule has 1 saturated heterocycles. The van der Waals surface area contributed by atoms with Crippen molar-refractivity contribution in [3.8, 4) is 0 Å². The molecule has 0 spiro atoms. The van der Waals surface area contributed by atoms with E-state index in [1.807, 2.05) is 54.6 Å². The zero-order valence-corrected chi connectivity index (χ0v) is 14.1. The van der Waals surface area contributed by atoms with E-state index in [0.29, 0.717) is 31.9 Å². The van der Waals surface area contributed by atoms with Crippen molar-refractivity contribution in [2.45, 2.75) is 19.3 Å². The normalized spacial score (nSPS) is 14.3. The van der Waals surface area contributed by atoms with Crippen LogP contribution in [0.3, 0.4) is 0 Å². The summed E-state index contributed by atoms with van der Waals surface area (Å²) in [6.45, 7) is 1.88. The van der Waals surface area contributed by atoms with Gasteiger partial charge in [-0.2, -0.15) is 0 Å². The number of ether oxygens (including phenoxy) is 1. The summed E-state index contributed by atoms with van der Waals surface area (Å²) in [5.41, 5.74) is 2.61. The summed E-state index contributed by atoms with van der Waals surface area (Å²) >= 11 is 0. The highest BCUT2D eigenvalue weighted by Gasteiger charge is 2.27. The Labute approximate surface area is 148 Å². The SMILES string of the molecule is O=C(NCCOCc1ccccc1)c1ccccc1B1CCCOO1. The Hall–Kier alpha value is -2.15. The highest BCUT2D eigenvalue weighted by atomic mass is 17.2. The van der Waals surface area contributed by atoms with Gasteiger partial charge in [-0.25, -0.2) is 0 Å². The van der Waals surface area contributed by atoms with E-state index < -0.39 is 0 Å². The molecule has 25 heavy (non-hydrogen) atoms. The quantitative estimate of drug-likeness (QED) is 0.477. The maximum atomic E-state index is 12.5. The van der Waals surface area contributed by atoms with Gasteiger partial charge in [-0.05, 0) is 29.8 Å². The minimum Gasteiger partial charge on any atom is -0.375 e. The summed E-state index contributed by atoms with van der Waals surface area (Å²) in [7, 11) is 0. The zero-order valence-electron chi connectivity index (χ0n) is 14.1. The van der Waals surface area contributed by atoms with E-state index in [0.717, 1.165) is 23.8 Å². The lowest BCUT2D eigenvalue weighted by molar-refractivity contribution is -0.220. The molecule has 1 N–H and O–H groups in total. The molecule has 0 radical (unpaired) electrons. The predicted octanol–water partition coefficient (Wildman–Crippen LogP) is 2.18. The molecule has 130 valence electrons. The van der Waals surface area contributed by atoms with Gasteiger partial charge in [-0.15, -0.1) is 0 Å². The molecule has 0 aromatic heterocycles. The van der Waals surface area contributed by atoms with Crippen molar-refractivity contribution in [1.29, 1.82) is 0 Å². The van der Waals surface area contributed by atoms with Gasteiger partial charge in [0.15, 0.2) is 0 Å². The molecule has 0 saturated carbocycles. The van der Waals surface area contributed by atoms with Gasteiger partial charge in [0.2, 0.25) is 0 Å². The van der Waals surface area contributed by atoms with Crippen LogP contribution >= 0.6 is 0 Å². The van der Waals surface area contributed by atoms with Gasteiger partial charge in [-0.3, -0.25) is 14.5 Å². The molecule has 0 atom stereocenters. The van der Waals surface area contributed by atoms with Crippen molar-refractivity contribution in [3.63, 3.8) is 0 Å². The number of carbonyl (C=O) groups excluding carboxylic acids is 1. The molecule has 1 amide bonds. The Morgan fingerprint density at radius 2 is 1.92 bits per heavy atom. The Morgan fingerprint density at radius 1 is 1.12 bits per heavy atom. The summed E-state index contributed by atoms with van der Waals surface area (Å²) in [4.78, 5) is 22.9. The minimum absolute atomic E-state index is 0.118. The minimum atomic E-state index is -0.190. The van der Waals surface area contributed by atoms with Gasteiger partial charge in [0.1, 0.15) is 0 Å². The lowest BCUT2D eigenvalue weighted by atomic mass is 9.56. The standard InChI is InChI=1S/C19H22BNO4/c22-19(21-12-14-23-15-16-7-2-1-3-8-16)17-9-4-5-10-18(17)20-11-6-13-24-25-20/h1-5,7-10H,6,11-15H2,(H,21,22). The molecule has 2 aromatic rings. The highest BCUT2D eigenvalue weighted by Crippen LogP contribution is 2.10. The summed E-state index contributed by atoms with van der Waals surface area (Å²) in [6.07, 6.45) is 1.78. The third-order valence-corrected chi connectivity index (χ3v) is 4.07. The van der Waals surface area contributed by atoms with Gasteiger partial charge in [0.05, 0.1) is 19.8 Å². The van der Waals surface area contributed by atoms with E-state index in [4.69, 9.17) is 14.4 Å². The van der Waals surface area contributed by atoms with Crippen LogP contribution in [0.2, 0.25) is 6.32 Å². The van der Waals surface area contributed by atoms with Crippen LogP contribution in [0.4, 0.5) is 0 Å². The Bertz CT molecular complexity index is 674. The number of amides is 1. The van der Waals surface area contributed by atoms with Crippen molar-refractivity contribution < 1.29 is 19.2 Å². The highest BCUT2D eigenvalue weighted by molar-refractivity contribution is 6.68. The number of rotatable bonds is 7. The molecule has 0 bridgehead atoms. The molecule has 0 unspecified atom stereocenters. The molecule has 2 aromatic carbocycles. The second kappa shape index (κ2) is 9.37. The van der Waals surface area contributed by atoms with Gasteiger partial charge in [0, 0.05) is 12.1 Å². The Kier molecular flexibility index (Phi) is 6.62. The molecule has 5 nitrogen and oxygen atoms in total. The van der Waals surface area contributed by atoms with Gasteiger partial charge in [0.25, 0.3) is 5.91 Å². The third-order valence-electron chi connectivity index (χ3n) is 4.07. The van der Waals surface area contributed by atoms with Crippen LogP contribution in [0.1, 0.15) is 22.3 Å². The predicted molar refractivity (Wildman–Crippen MR) is 96.7 cm³/mol. The average Bonchev–Trinajstić information content (AvgIpc) is 2.69. The van der Waals surface area contributed by atoms with Gasteiger partial charge in [-0.1, -0.05) is 48.5 Å². The van der Waals surface area contributed by atoms with Crippen molar-refractivity contribution in [2.75, 3.05) is 19.8 Å². The molecular weight excluding hydrogens is 317 g/mol. The maximum absolute atomic E-state index is 12.5. The number of nitrogens with one attached hydrogen (secondary N) is 1. The molecule has 1 heterocycles. The van der Waals surface area contributed by atoms with E-state index in [-0.39, 0.29) is 12.8 Å². The molecule has 1 aliphatic rings. The lowest BCUT2D eigenvalue weighted by Crippen LogP contribution is -2.42. The van der Waals surface area contributed by atoms with Crippen LogP contribution in [0, 0.1) is 0 Å². The van der Waals surface area contributed by atoms with E-state index in [2.05, 4.69) is 5.32 Å². The molecular formula is C19H22BNO4. The Balaban J connectivity index is 1.48. The summed E-state index contributed by atoms with van der Waals surface area (Å²) in [5.74, 6) is -0.118. The van der Waals surface area contributed by atoms with E-state index in [1.165, 1.54) is 0 Å². The van der Waals surface area contributed by atoms with Crippen molar-refractivity contribution in [2.24, 2.45) is 0 Å². The second-order valence-corrected chi connectivity index (χ2v) is 5.93. The average molecular weight is 339 g/mol. The molecule has 1 fully saturated rings. The molecule has 1 aliphatic heterocycles. The van der Waals surface area contributed by atoms with Crippen molar-refractivity contribution >= 4 is 18.3 Å². The van der Waals surface area contributed by atoms with E-state index in [1.54, 1.807) is 0 Å². The first-order valence-electron chi connectivity index (χ1n) is 8.61. The number of hydrogen-bond donors (Lipinski definition) is 1. The van der Waals surface area contributed by atoms with Crippen LogP contribution in [0.15, 0.2) is 54.6 Å². The summed E-state index contributed by atoms with van der Waals surface area (Å²) in [5, 5.41) is 2.90. The lowest BCUT2D eigenvalue weighted by Gasteiger charge is -2.20. The van der Waals surface area contributed by atoms with E-state index in [9.17, 15) is 4.79 Å². The largest absolute Gasteiger partial charge is 0.375 e. The Morgan fingerprint density at radius 3 is 2.72 bits per heavy atom. The number of benzene rings is 2. The first-order chi connectivity index (χ1) is 12.3. The van der Waals surface area contributed by atoms with Gasteiger partial charge >= 0.3 is 6.92 Å². The van der Waals surface area contributed by atoms with E-state index >= 15 is 0 Å². The third kappa shape index (κ3) is 5.16. The molecule has 0 aliphatic carbocycles. The van der Waals surface area contributed by atoms with Crippen molar-refractivity contribution in [1.82, 2.24) is 5.32 Å².